The van der Waals surface area contributed by atoms with E-state index in [1.54, 1.807) is 6.92 Å². The normalized spacial score (nSPS) is 32.7. The number of carbonyl (C=O) groups is 2. The van der Waals surface area contributed by atoms with Gasteiger partial charge >= 0.3 is 0 Å². The molecule has 3 unspecified atom stereocenters. The number of β-lactam (4-membered cyclic amide) rings is 1. The highest BCUT2D eigenvalue weighted by Crippen LogP contribution is 2.33. The summed E-state index contributed by atoms with van der Waals surface area (Å²) in [5.74, 6) is -0.192. The van der Waals surface area contributed by atoms with Gasteiger partial charge in [0.2, 0.25) is 5.91 Å². The first-order chi connectivity index (χ1) is 7.48. The Morgan fingerprint density at radius 3 is 2.69 bits per heavy atom. The number of likely N-dealkylation sites (tertiary alicyclic amines) is 1. The molecule has 2 saturated heterocycles. The average Bonchev–Trinajstić information content (AvgIpc) is 2.67. The molecule has 0 aromatic rings. The highest BCUT2D eigenvalue weighted by atomic mass is 16.3. The molecule has 16 heavy (non-hydrogen) atoms. The molecule has 90 valence electrons. The highest BCUT2D eigenvalue weighted by molar-refractivity contribution is 5.97. The van der Waals surface area contributed by atoms with Crippen LogP contribution in [0.1, 0.15) is 26.7 Å². The zero-order valence-corrected chi connectivity index (χ0v) is 9.69. The molecule has 0 aliphatic carbocycles. The molecule has 2 rings (SSSR count). The second kappa shape index (κ2) is 3.82. The summed E-state index contributed by atoms with van der Waals surface area (Å²) < 4.78 is 0. The van der Waals surface area contributed by atoms with Gasteiger partial charge < -0.3 is 15.3 Å². The lowest BCUT2D eigenvalue weighted by Gasteiger charge is -2.50. The van der Waals surface area contributed by atoms with E-state index >= 15 is 0 Å². The maximum atomic E-state index is 12.0. The van der Waals surface area contributed by atoms with Crippen LogP contribution in [0, 0.1) is 0 Å². The van der Waals surface area contributed by atoms with Crippen LogP contribution in [0.2, 0.25) is 0 Å². The highest BCUT2D eigenvalue weighted by Gasteiger charge is 2.56. The molecule has 5 heteroatoms. The summed E-state index contributed by atoms with van der Waals surface area (Å²) in [5, 5.41) is 12.7. The Labute approximate surface area is 94.8 Å². The Morgan fingerprint density at radius 1 is 1.62 bits per heavy atom. The van der Waals surface area contributed by atoms with Gasteiger partial charge in [-0.2, -0.15) is 0 Å². The number of amides is 1. The molecule has 2 fully saturated rings. The first-order valence-electron chi connectivity index (χ1n) is 5.72. The molecule has 1 spiro atoms. The molecule has 2 aliphatic rings. The van der Waals surface area contributed by atoms with Crippen LogP contribution in [-0.2, 0) is 9.59 Å². The van der Waals surface area contributed by atoms with Gasteiger partial charge in [-0.3, -0.25) is 9.59 Å². The Hall–Kier alpha value is -0.940. The lowest BCUT2D eigenvalue weighted by molar-refractivity contribution is -0.163. The lowest BCUT2D eigenvalue weighted by atomic mass is 9.84. The van der Waals surface area contributed by atoms with Gasteiger partial charge in [0.1, 0.15) is 11.6 Å². The fraction of sp³-hybridized carbons (Fsp3) is 0.818. The number of hydrogen-bond donors (Lipinski definition) is 2. The van der Waals surface area contributed by atoms with Crippen molar-refractivity contribution in [3.8, 4) is 0 Å². The third kappa shape index (κ3) is 1.55. The zero-order valence-electron chi connectivity index (χ0n) is 9.69. The van der Waals surface area contributed by atoms with E-state index in [0.29, 0.717) is 6.54 Å². The van der Waals surface area contributed by atoms with Crippen LogP contribution in [0.3, 0.4) is 0 Å². The van der Waals surface area contributed by atoms with E-state index in [1.165, 1.54) is 11.8 Å². The minimum atomic E-state index is -0.805. The number of carbonyl (C=O) groups excluding carboxylic acids is 2. The minimum Gasteiger partial charge on any atom is -0.391 e. The van der Waals surface area contributed by atoms with Crippen LogP contribution in [0.4, 0.5) is 0 Å². The van der Waals surface area contributed by atoms with Gasteiger partial charge in [0.25, 0.3) is 0 Å². The molecular weight excluding hydrogens is 208 g/mol. The molecule has 3 atom stereocenters. The summed E-state index contributed by atoms with van der Waals surface area (Å²) in [4.78, 5) is 24.9. The largest absolute Gasteiger partial charge is 0.391 e. The first kappa shape index (κ1) is 11.5. The van der Waals surface area contributed by atoms with Crippen LogP contribution >= 0.6 is 0 Å². The maximum Gasteiger partial charge on any atom is 0.245 e. The van der Waals surface area contributed by atoms with Crippen molar-refractivity contribution in [1.29, 1.82) is 0 Å². The molecular formula is C11H18N2O3. The van der Waals surface area contributed by atoms with E-state index in [4.69, 9.17) is 0 Å². The SMILES string of the molecule is CC(=O)C(C(C)O)N1CC2(CCCN2)C1=O. The number of rotatable bonds is 3. The Kier molecular flexibility index (Phi) is 2.75. The van der Waals surface area contributed by atoms with Crippen LogP contribution < -0.4 is 5.32 Å². The van der Waals surface area contributed by atoms with Gasteiger partial charge in [0.15, 0.2) is 5.78 Å². The standard InChI is InChI=1S/C11H18N2O3/c1-7(14)9(8(2)15)13-6-11(10(13)16)4-3-5-12-11/h7,9,12,14H,3-6H2,1-2H3. The maximum absolute atomic E-state index is 12.0. The molecule has 0 aromatic carbocycles. The molecule has 5 nitrogen and oxygen atoms in total. The van der Waals surface area contributed by atoms with Gasteiger partial charge in [0.05, 0.1) is 6.10 Å². The van der Waals surface area contributed by atoms with E-state index in [1.807, 2.05) is 0 Å². The molecule has 2 heterocycles. The van der Waals surface area contributed by atoms with E-state index in [9.17, 15) is 14.7 Å². The van der Waals surface area contributed by atoms with Crippen molar-refractivity contribution in [3.63, 3.8) is 0 Å². The second-order valence-electron chi connectivity index (χ2n) is 4.84. The number of hydrogen-bond acceptors (Lipinski definition) is 4. The van der Waals surface area contributed by atoms with E-state index < -0.39 is 17.7 Å². The van der Waals surface area contributed by atoms with E-state index in [0.717, 1.165) is 19.4 Å². The molecule has 0 aromatic heterocycles. The van der Waals surface area contributed by atoms with Gasteiger partial charge in [-0.15, -0.1) is 0 Å². The summed E-state index contributed by atoms with van der Waals surface area (Å²) >= 11 is 0. The second-order valence-corrected chi connectivity index (χ2v) is 4.84. The van der Waals surface area contributed by atoms with Crippen molar-refractivity contribution >= 4 is 11.7 Å². The topological polar surface area (TPSA) is 69.6 Å². The molecule has 2 aliphatic heterocycles. The number of Topliss-reactive ketones (excluding diaryl/α,β-unsaturated/α-hetero) is 1. The molecule has 0 bridgehead atoms. The Bertz CT molecular complexity index is 321. The summed E-state index contributed by atoms with van der Waals surface area (Å²) in [6, 6.07) is -0.680. The van der Waals surface area contributed by atoms with Crippen LogP contribution in [0.15, 0.2) is 0 Å². The van der Waals surface area contributed by atoms with Gasteiger partial charge in [-0.05, 0) is 33.2 Å². The quantitative estimate of drug-likeness (QED) is 0.624. The van der Waals surface area contributed by atoms with Gasteiger partial charge in [-0.25, -0.2) is 0 Å². The number of nitrogens with one attached hydrogen (secondary N) is 1. The van der Waals surface area contributed by atoms with Crippen LogP contribution in [0.5, 0.6) is 0 Å². The van der Waals surface area contributed by atoms with Crippen molar-refractivity contribution in [3.05, 3.63) is 0 Å². The fourth-order valence-electron chi connectivity index (χ4n) is 2.78. The van der Waals surface area contributed by atoms with Crippen molar-refractivity contribution in [2.45, 2.75) is 44.4 Å². The van der Waals surface area contributed by atoms with Crippen LogP contribution in [0.25, 0.3) is 0 Å². The summed E-state index contributed by atoms with van der Waals surface area (Å²) in [6.07, 6.45) is 1.03. The number of aliphatic hydroxyl groups is 1. The number of aliphatic hydroxyl groups excluding tert-OH is 1. The molecule has 1 amide bonds. The number of nitrogens with zero attached hydrogens (tertiary/aromatic N) is 1. The molecule has 0 radical (unpaired) electrons. The fourth-order valence-corrected chi connectivity index (χ4v) is 2.78. The lowest BCUT2D eigenvalue weighted by Crippen LogP contribution is -2.75. The molecule has 2 N–H and O–H groups in total. The van der Waals surface area contributed by atoms with Crippen molar-refractivity contribution in [1.82, 2.24) is 10.2 Å². The summed E-state index contributed by atoms with van der Waals surface area (Å²) in [7, 11) is 0. The number of ketones is 1. The van der Waals surface area contributed by atoms with E-state index in [2.05, 4.69) is 5.32 Å². The van der Waals surface area contributed by atoms with Crippen molar-refractivity contribution in [2.24, 2.45) is 0 Å². The van der Waals surface area contributed by atoms with Crippen molar-refractivity contribution in [2.75, 3.05) is 13.1 Å². The monoisotopic (exact) mass is 226 g/mol. The summed E-state index contributed by atoms with van der Waals surface area (Å²) in [5.41, 5.74) is -0.428. The zero-order chi connectivity index (χ0) is 11.9. The smallest absolute Gasteiger partial charge is 0.245 e. The predicted molar refractivity (Wildman–Crippen MR) is 57.8 cm³/mol. The van der Waals surface area contributed by atoms with E-state index in [-0.39, 0.29) is 11.7 Å². The third-order valence-corrected chi connectivity index (χ3v) is 3.56. The average molecular weight is 226 g/mol. The van der Waals surface area contributed by atoms with Crippen molar-refractivity contribution < 1.29 is 14.7 Å². The molecule has 0 saturated carbocycles. The van der Waals surface area contributed by atoms with Gasteiger partial charge in [0, 0.05) is 6.54 Å². The third-order valence-electron chi connectivity index (χ3n) is 3.56. The Morgan fingerprint density at radius 2 is 2.31 bits per heavy atom. The van der Waals surface area contributed by atoms with Gasteiger partial charge in [-0.1, -0.05) is 0 Å². The first-order valence-corrected chi connectivity index (χ1v) is 5.72. The Balaban J connectivity index is 2.08. The predicted octanol–water partition coefficient (Wildman–Crippen LogP) is -0.711. The summed E-state index contributed by atoms with van der Waals surface area (Å²) in [6.45, 7) is 4.37. The van der Waals surface area contributed by atoms with Crippen LogP contribution in [-0.4, -0.2) is 52.5 Å². The minimum absolute atomic E-state index is 0.0360.